The second-order valence-corrected chi connectivity index (χ2v) is 9.02. The maximum absolute atomic E-state index is 12.9. The number of likely N-dealkylation sites (tertiary alicyclic amines) is 1. The minimum Gasteiger partial charge on any atom is -0.669 e. The molecule has 3 aliphatic heterocycles. The molecule has 0 radical (unpaired) electrons. The lowest BCUT2D eigenvalue weighted by molar-refractivity contribution is -0.255. The third-order valence-corrected chi connectivity index (χ3v) is 6.65. The number of aromatic carboxylic acids is 1. The molecule has 0 aliphatic carbocycles. The molecule has 3 N–H and O–H groups in total. The second kappa shape index (κ2) is 9.29. The number of carbonyl (C=O) groups excluding carboxylic acids is 2. The lowest BCUT2D eigenvalue weighted by Gasteiger charge is -2.41. The van der Waals surface area contributed by atoms with E-state index in [2.05, 4.69) is 17.4 Å². The first kappa shape index (κ1) is 24.1. The fraction of sp³-hybridized carbons (Fsp3) is 0.417. The van der Waals surface area contributed by atoms with Crippen LogP contribution in [0.25, 0.3) is 0 Å². The van der Waals surface area contributed by atoms with Crippen molar-refractivity contribution >= 4 is 18.6 Å². The predicted octanol–water partition coefficient (Wildman–Crippen LogP) is 0.280. The van der Waals surface area contributed by atoms with Crippen LogP contribution in [0, 0.1) is 0 Å². The lowest BCUT2D eigenvalue weighted by Crippen LogP contribution is -2.59. The Bertz CT molecular complexity index is 1070. The van der Waals surface area contributed by atoms with E-state index in [1.807, 2.05) is 18.2 Å². The third-order valence-electron chi connectivity index (χ3n) is 6.65. The summed E-state index contributed by atoms with van der Waals surface area (Å²) < 4.78 is 11.0. The SMILES string of the molecule is C.O=C([O-])c1c(OC2CN(C(=O)[C@@H]3C[C@H](c4ccccc4)CN3)C2)ccc2c1O[B-](O)(O)CC2. The maximum atomic E-state index is 12.9. The van der Waals surface area contributed by atoms with E-state index in [-0.39, 0.29) is 55.3 Å². The van der Waals surface area contributed by atoms with E-state index < -0.39 is 12.7 Å². The van der Waals surface area contributed by atoms with Crippen molar-refractivity contribution < 1.29 is 34.1 Å². The number of aryl methyl sites for hydroxylation is 1. The predicted molar refractivity (Wildman–Crippen MR) is 123 cm³/mol. The maximum Gasteiger partial charge on any atom is 0.430 e. The molecule has 2 fully saturated rings. The summed E-state index contributed by atoms with van der Waals surface area (Å²) in [6.45, 7) is -1.70. The summed E-state index contributed by atoms with van der Waals surface area (Å²) >= 11 is 0. The molecule has 2 aromatic rings. The van der Waals surface area contributed by atoms with Gasteiger partial charge >= 0.3 is 6.75 Å². The van der Waals surface area contributed by atoms with Crippen LogP contribution < -0.4 is 19.8 Å². The van der Waals surface area contributed by atoms with Gasteiger partial charge in [-0.15, -0.1) is 0 Å². The van der Waals surface area contributed by atoms with Crippen LogP contribution in [0.5, 0.6) is 11.5 Å². The number of ether oxygens (including phenoxy) is 1. The number of carbonyl (C=O) groups is 2. The Labute approximate surface area is 198 Å². The molecule has 2 atom stereocenters. The zero-order chi connectivity index (χ0) is 23.2. The largest absolute Gasteiger partial charge is 0.669 e. The van der Waals surface area contributed by atoms with Gasteiger partial charge in [-0.2, -0.15) is 0 Å². The van der Waals surface area contributed by atoms with Crippen LogP contribution in [-0.4, -0.2) is 65.4 Å². The molecule has 0 unspecified atom stereocenters. The summed E-state index contributed by atoms with van der Waals surface area (Å²) in [7, 11) is 0. The summed E-state index contributed by atoms with van der Waals surface area (Å²) in [6.07, 6.45) is 0.610. The molecule has 34 heavy (non-hydrogen) atoms. The second-order valence-electron chi connectivity index (χ2n) is 9.02. The summed E-state index contributed by atoms with van der Waals surface area (Å²) in [6, 6.07) is 13.0. The normalized spacial score (nSPS) is 23.2. The molecular weight excluding hydrogens is 439 g/mol. The number of nitrogens with zero attached hydrogens (tertiary/aromatic N) is 1. The minimum atomic E-state index is -3.12. The third kappa shape index (κ3) is 4.61. The molecule has 182 valence electrons. The highest BCUT2D eigenvalue weighted by Gasteiger charge is 2.39. The van der Waals surface area contributed by atoms with Crippen molar-refractivity contribution in [2.24, 2.45) is 0 Å². The van der Waals surface area contributed by atoms with E-state index in [1.165, 1.54) is 11.6 Å². The fourth-order valence-corrected chi connectivity index (χ4v) is 4.82. The average Bonchev–Trinajstić information content (AvgIpc) is 3.25. The summed E-state index contributed by atoms with van der Waals surface area (Å²) in [4.78, 5) is 26.4. The number of benzene rings is 2. The number of amides is 1. The van der Waals surface area contributed by atoms with Gasteiger partial charge in [0, 0.05) is 6.54 Å². The number of carboxylic acid groups (broad SMARTS) is 1. The summed E-state index contributed by atoms with van der Waals surface area (Å²) in [5, 5.41) is 34.8. The van der Waals surface area contributed by atoms with Gasteiger partial charge in [0.2, 0.25) is 5.91 Å². The molecule has 9 nitrogen and oxygen atoms in total. The topological polar surface area (TPSA) is 131 Å². The van der Waals surface area contributed by atoms with Gasteiger partial charge in [0.15, 0.2) is 0 Å². The highest BCUT2D eigenvalue weighted by molar-refractivity contribution is 6.59. The Morgan fingerprint density at radius 2 is 1.88 bits per heavy atom. The Kier molecular flexibility index (Phi) is 6.57. The monoisotopic (exact) mass is 468 g/mol. The number of fused-ring (bicyclic) bond motifs is 1. The van der Waals surface area contributed by atoms with Gasteiger partial charge in [-0.25, -0.2) is 0 Å². The van der Waals surface area contributed by atoms with E-state index in [0.717, 1.165) is 13.0 Å². The van der Waals surface area contributed by atoms with Gasteiger partial charge in [-0.1, -0.05) is 50.1 Å². The number of carboxylic acids is 1. The smallest absolute Gasteiger partial charge is 0.430 e. The molecule has 0 saturated carbocycles. The van der Waals surface area contributed by atoms with Gasteiger partial charge in [0.25, 0.3) is 0 Å². The van der Waals surface area contributed by atoms with Crippen molar-refractivity contribution in [3.05, 3.63) is 59.2 Å². The van der Waals surface area contributed by atoms with Crippen molar-refractivity contribution in [3.8, 4) is 11.5 Å². The molecule has 0 bridgehead atoms. The zero-order valence-electron chi connectivity index (χ0n) is 18.0. The van der Waals surface area contributed by atoms with Crippen LogP contribution in [-0.2, 0) is 11.2 Å². The van der Waals surface area contributed by atoms with Crippen molar-refractivity contribution in [1.82, 2.24) is 10.2 Å². The van der Waals surface area contributed by atoms with Crippen LogP contribution in [0.15, 0.2) is 42.5 Å². The van der Waals surface area contributed by atoms with Gasteiger partial charge in [-0.05, 0) is 36.0 Å². The molecule has 3 heterocycles. The van der Waals surface area contributed by atoms with Crippen molar-refractivity contribution in [1.29, 1.82) is 0 Å². The van der Waals surface area contributed by atoms with Gasteiger partial charge in [0.05, 0.1) is 36.4 Å². The summed E-state index contributed by atoms with van der Waals surface area (Å²) in [5.74, 6) is -1.32. The molecule has 2 aromatic carbocycles. The van der Waals surface area contributed by atoms with E-state index >= 15 is 0 Å². The lowest BCUT2D eigenvalue weighted by atomic mass is 9.70. The molecule has 0 aromatic heterocycles. The highest BCUT2D eigenvalue weighted by Crippen LogP contribution is 2.38. The number of hydrogen-bond acceptors (Lipinski definition) is 8. The van der Waals surface area contributed by atoms with Crippen LogP contribution in [0.3, 0.4) is 0 Å². The molecule has 10 heteroatoms. The fourth-order valence-electron chi connectivity index (χ4n) is 4.82. The minimum absolute atomic E-state index is 0. The van der Waals surface area contributed by atoms with Crippen molar-refractivity contribution in [2.75, 3.05) is 19.6 Å². The van der Waals surface area contributed by atoms with Crippen molar-refractivity contribution in [3.63, 3.8) is 0 Å². The molecule has 3 aliphatic rings. The Balaban J connectivity index is 0.00000274. The Morgan fingerprint density at radius 1 is 1.15 bits per heavy atom. The molecule has 5 rings (SSSR count). The van der Waals surface area contributed by atoms with Crippen LogP contribution >= 0.6 is 0 Å². The Morgan fingerprint density at radius 3 is 2.59 bits per heavy atom. The molecule has 2 saturated heterocycles. The van der Waals surface area contributed by atoms with E-state index in [0.29, 0.717) is 24.6 Å². The Hall–Kier alpha value is -3.08. The van der Waals surface area contributed by atoms with E-state index in [4.69, 9.17) is 9.39 Å². The first-order chi connectivity index (χ1) is 15.8. The van der Waals surface area contributed by atoms with Crippen LogP contribution in [0.1, 0.15) is 41.3 Å². The first-order valence-electron chi connectivity index (χ1n) is 11.2. The highest BCUT2D eigenvalue weighted by atomic mass is 16.6. The molecule has 0 spiro atoms. The number of rotatable bonds is 5. The number of nitrogens with one attached hydrogen (secondary N) is 1. The number of hydrogen-bond donors (Lipinski definition) is 3. The van der Waals surface area contributed by atoms with Gasteiger partial charge < -0.3 is 39.6 Å². The van der Waals surface area contributed by atoms with Crippen LogP contribution in [0.4, 0.5) is 0 Å². The zero-order valence-corrected chi connectivity index (χ0v) is 18.0. The van der Waals surface area contributed by atoms with E-state index in [9.17, 15) is 24.7 Å². The van der Waals surface area contributed by atoms with E-state index in [1.54, 1.807) is 11.0 Å². The standard InChI is InChI=1S/C23H26BN2O7.CH4/c27-22(18-10-16(11-25-18)14-4-2-1-3-5-14)26-12-17(13-26)32-19-7-6-15-8-9-24(30,31)33-21(15)20(19)23(28)29;/h1-7,16-18,25,30-31H,8-13H2,(H,28,29);1H4/q-1;/p-1/t16-,18-;/m0./s1. The molecule has 1 amide bonds. The summed E-state index contributed by atoms with van der Waals surface area (Å²) in [5.41, 5.74) is 1.42. The molecular formula is C24H29BN2O7-2. The average molecular weight is 468 g/mol. The van der Waals surface area contributed by atoms with Crippen molar-refractivity contribution in [2.45, 2.75) is 44.7 Å². The first-order valence-corrected chi connectivity index (χ1v) is 11.2. The van der Waals surface area contributed by atoms with Crippen LogP contribution in [0.2, 0.25) is 6.32 Å². The van der Waals surface area contributed by atoms with Gasteiger partial charge in [0.1, 0.15) is 11.9 Å². The van der Waals surface area contributed by atoms with Gasteiger partial charge in [-0.3, -0.25) is 4.79 Å². The quantitative estimate of drug-likeness (QED) is 0.534.